The molecule has 0 aliphatic heterocycles. The van der Waals surface area contributed by atoms with E-state index in [4.69, 9.17) is 0 Å². The highest BCUT2D eigenvalue weighted by atomic mass is 31.1. The maximum Gasteiger partial charge on any atom is 0.00951 e. The van der Waals surface area contributed by atoms with Crippen LogP contribution in [0.2, 0.25) is 0 Å². The topological polar surface area (TPSA) is 3.24 Å². The summed E-state index contributed by atoms with van der Waals surface area (Å²) in [5, 5.41) is 0. The summed E-state index contributed by atoms with van der Waals surface area (Å²) < 4.78 is 0. The molecular weight excluding hydrogens is 285 g/mol. The molecule has 0 radical (unpaired) electrons. The SMILES string of the molecule is C[C@H](C1CCCC1P(C1CCCCC1)C1CCCC1)N(C)C. The third-order valence-corrected chi connectivity index (χ3v) is 11.2. The second kappa shape index (κ2) is 7.98. The quantitative estimate of drug-likeness (QED) is 0.573. The Kier molecular flexibility index (Phi) is 6.24. The number of hydrogen-bond donors (Lipinski definition) is 0. The van der Waals surface area contributed by atoms with Crippen molar-refractivity contribution in [1.82, 2.24) is 4.90 Å². The van der Waals surface area contributed by atoms with Crippen LogP contribution in [0, 0.1) is 5.92 Å². The fraction of sp³-hybridized carbons (Fsp3) is 1.00. The number of nitrogens with zero attached hydrogens (tertiary/aromatic N) is 1. The van der Waals surface area contributed by atoms with Gasteiger partial charge in [-0.2, -0.15) is 0 Å². The zero-order chi connectivity index (χ0) is 15.5. The lowest BCUT2D eigenvalue weighted by molar-refractivity contribution is 0.231. The van der Waals surface area contributed by atoms with Crippen molar-refractivity contribution >= 4 is 7.92 Å². The van der Waals surface area contributed by atoms with Crippen molar-refractivity contribution in [3.05, 3.63) is 0 Å². The summed E-state index contributed by atoms with van der Waals surface area (Å²) in [5.41, 5.74) is 3.41. The molecule has 3 aliphatic carbocycles. The van der Waals surface area contributed by atoms with E-state index in [1.165, 1.54) is 44.9 Å². The minimum absolute atomic E-state index is 0.296. The molecule has 0 aromatic heterocycles. The van der Waals surface area contributed by atoms with E-state index in [0.717, 1.165) is 28.9 Å². The van der Waals surface area contributed by atoms with Gasteiger partial charge in [0.2, 0.25) is 0 Å². The highest BCUT2D eigenvalue weighted by molar-refractivity contribution is 7.60. The lowest BCUT2D eigenvalue weighted by Crippen LogP contribution is -2.38. The molecule has 3 fully saturated rings. The largest absolute Gasteiger partial charge is 0.306 e. The van der Waals surface area contributed by atoms with E-state index in [2.05, 4.69) is 25.9 Å². The van der Waals surface area contributed by atoms with E-state index < -0.39 is 0 Å². The van der Waals surface area contributed by atoms with Crippen LogP contribution in [0.15, 0.2) is 0 Å². The van der Waals surface area contributed by atoms with Gasteiger partial charge in [0.1, 0.15) is 0 Å². The first-order valence-corrected chi connectivity index (χ1v) is 11.7. The van der Waals surface area contributed by atoms with Crippen LogP contribution in [-0.2, 0) is 0 Å². The maximum absolute atomic E-state index is 2.51. The second-order valence-electron chi connectivity index (χ2n) is 8.54. The van der Waals surface area contributed by atoms with Gasteiger partial charge < -0.3 is 4.90 Å². The molecule has 1 nitrogen and oxygen atoms in total. The first kappa shape index (κ1) is 17.2. The second-order valence-corrected chi connectivity index (χ2v) is 11.6. The Labute approximate surface area is 140 Å². The van der Waals surface area contributed by atoms with E-state index in [1.807, 2.05) is 0 Å². The van der Waals surface area contributed by atoms with Crippen molar-refractivity contribution in [2.45, 2.75) is 107 Å². The summed E-state index contributed by atoms with van der Waals surface area (Å²) in [6.45, 7) is 2.51. The monoisotopic (exact) mass is 323 g/mol. The lowest BCUT2D eigenvalue weighted by Gasteiger charge is -2.43. The molecule has 2 heteroatoms. The molecule has 0 aromatic carbocycles. The Morgan fingerprint density at radius 3 is 1.82 bits per heavy atom. The fourth-order valence-corrected chi connectivity index (χ4v) is 10.6. The predicted octanol–water partition coefficient (Wildman–Crippen LogP) is 5.86. The zero-order valence-electron chi connectivity index (χ0n) is 15.3. The zero-order valence-corrected chi connectivity index (χ0v) is 16.2. The maximum atomic E-state index is 2.51. The van der Waals surface area contributed by atoms with Crippen molar-refractivity contribution in [2.75, 3.05) is 14.1 Å². The summed E-state index contributed by atoms with van der Waals surface area (Å²) in [5.74, 6) is 1.00. The van der Waals surface area contributed by atoms with Crippen LogP contribution in [0.5, 0.6) is 0 Å². The molecule has 0 aromatic rings. The summed E-state index contributed by atoms with van der Waals surface area (Å²) >= 11 is 0. The van der Waals surface area contributed by atoms with Gasteiger partial charge in [0, 0.05) is 6.04 Å². The van der Waals surface area contributed by atoms with Gasteiger partial charge in [0.05, 0.1) is 0 Å². The summed E-state index contributed by atoms with van der Waals surface area (Å²) in [6.07, 6.45) is 18.6. The average molecular weight is 324 g/mol. The summed E-state index contributed by atoms with van der Waals surface area (Å²) in [7, 11) is 4.90. The average Bonchev–Trinajstić information content (AvgIpc) is 3.20. The summed E-state index contributed by atoms with van der Waals surface area (Å²) in [6, 6.07) is 0.794. The van der Waals surface area contributed by atoms with Gasteiger partial charge >= 0.3 is 0 Å². The predicted molar refractivity (Wildman–Crippen MR) is 100 cm³/mol. The fourth-order valence-electron chi connectivity index (χ4n) is 5.71. The Morgan fingerprint density at radius 2 is 1.27 bits per heavy atom. The van der Waals surface area contributed by atoms with Gasteiger partial charge in [0.25, 0.3) is 0 Å². The lowest BCUT2D eigenvalue weighted by atomic mass is 9.98. The molecule has 3 aliphatic rings. The third kappa shape index (κ3) is 3.72. The molecule has 0 spiro atoms. The van der Waals surface area contributed by atoms with E-state index in [0.29, 0.717) is 7.92 Å². The van der Waals surface area contributed by atoms with E-state index in [-0.39, 0.29) is 0 Å². The molecule has 3 saturated carbocycles. The van der Waals surface area contributed by atoms with Crippen molar-refractivity contribution in [2.24, 2.45) is 5.92 Å². The van der Waals surface area contributed by atoms with E-state index >= 15 is 0 Å². The van der Waals surface area contributed by atoms with E-state index in [9.17, 15) is 0 Å². The Balaban J connectivity index is 1.77. The van der Waals surface area contributed by atoms with Crippen LogP contribution < -0.4 is 0 Å². The molecular formula is C20H38NP. The molecule has 0 heterocycles. The van der Waals surface area contributed by atoms with Crippen molar-refractivity contribution in [1.29, 1.82) is 0 Å². The molecule has 0 N–H and O–H groups in total. The van der Waals surface area contributed by atoms with Crippen LogP contribution in [0.25, 0.3) is 0 Å². The first-order chi connectivity index (χ1) is 10.7. The Hall–Kier alpha value is 0.390. The van der Waals surface area contributed by atoms with Crippen LogP contribution >= 0.6 is 7.92 Å². The normalized spacial score (nSPS) is 34.4. The third-order valence-electron chi connectivity index (χ3n) is 7.09. The van der Waals surface area contributed by atoms with Gasteiger partial charge in [-0.05, 0) is 82.4 Å². The van der Waals surface area contributed by atoms with Crippen LogP contribution in [0.3, 0.4) is 0 Å². The van der Waals surface area contributed by atoms with Crippen molar-refractivity contribution in [3.63, 3.8) is 0 Å². The Morgan fingerprint density at radius 1 is 0.727 bits per heavy atom. The molecule has 0 saturated heterocycles. The smallest absolute Gasteiger partial charge is 0.00951 e. The highest BCUT2D eigenvalue weighted by Crippen LogP contribution is 2.64. The van der Waals surface area contributed by atoms with Crippen molar-refractivity contribution < 1.29 is 0 Å². The first-order valence-electron chi connectivity index (χ1n) is 10.1. The molecule has 22 heavy (non-hydrogen) atoms. The standard InChI is InChI=1S/C20H38NP/c1-16(21(2)3)19-14-9-15-20(19)22(18-12-7-8-13-18)17-10-5-4-6-11-17/h16-20H,4-15H2,1-3H3/t16-,19?,20?,22?/m1/s1. The summed E-state index contributed by atoms with van der Waals surface area (Å²) in [4.78, 5) is 2.51. The van der Waals surface area contributed by atoms with Gasteiger partial charge in [-0.15, -0.1) is 0 Å². The van der Waals surface area contributed by atoms with Crippen LogP contribution in [0.1, 0.15) is 84.0 Å². The van der Waals surface area contributed by atoms with Gasteiger partial charge in [-0.3, -0.25) is 0 Å². The molecule has 3 unspecified atom stereocenters. The highest BCUT2D eigenvalue weighted by Gasteiger charge is 2.43. The molecule has 3 rings (SSSR count). The minimum atomic E-state index is 0.296. The van der Waals surface area contributed by atoms with E-state index in [1.54, 1.807) is 32.1 Å². The van der Waals surface area contributed by atoms with Gasteiger partial charge in [0.15, 0.2) is 0 Å². The van der Waals surface area contributed by atoms with Gasteiger partial charge in [-0.1, -0.05) is 46.4 Å². The minimum Gasteiger partial charge on any atom is -0.306 e. The number of hydrogen-bond acceptors (Lipinski definition) is 1. The molecule has 128 valence electrons. The van der Waals surface area contributed by atoms with Crippen LogP contribution in [0.4, 0.5) is 0 Å². The van der Waals surface area contributed by atoms with Gasteiger partial charge in [-0.25, -0.2) is 0 Å². The molecule has 4 atom stereocenters. The van der Waals surface area contributed by atoms with Crippen molar-refractivity contribution in [3.8, 4) is 0 Å². The Bertz CT molecular complexity index is 331. The number of rotatable bonds is 5. The molecule has 0 amide bonds. The van der Waals surface area contributed by atoms with Crippen LogP contribution in [-0.4, -0.2) is 42.0 Å². The molecule has 0 bridgehead atoms.